The Labute approximate surface area is 133 Å². The molecule has 24 heavy (non-hydrogen) atoms. The van der Waals surface area contributed by atoms with Crippen LogP contribution < -0.4 is 0 Å². The summed E-state index contributed by atoms with van der Waals surface area (Å²) in [6.07, 6.45) is -10.4. The third-order valence-corrected chi connectivity index (χ3v) is 3.68. The Kier molecular flexibility index (Phi) is 9.00. The molecule has 0 aromatic rings. The van der Waals surface area contributed by atoms with Gasteiger partial charge in [-0.1, -0.05) is 0 Å². The number of phosphoric ester groups is 3. The van der Waals surface area contributed by atoms with E-state index in [1.54, 1.807) is 0 Å². The molecule has 0 bridgehead atoms. The third-order valence-electron chi connectivity index (χ3n) is 2.13. The van der Waals surface area contributed by atoms with Crippen molar-refractivity contribution < 1.29 is 71.6 Å². The van der Waals surface area contributed by atoms with Gasteiger partial charge in [0.15, 0.2) is 12.4 Å². The van der Waals surface area contributed by atoms with Crippen LogP contribution in [0.3, 0.4) is 0 Å². The number of aliphatic hydroxyl groups is 2. The summed E-state index contributed by atoms with van der Waals surface area (Å²) in [5, 5.41) is 18.3. The van der Waals surface area contributed by atoms with Crippen molar-refractivity contribution in [2.45, 2.75) is 24.4 Å². The van der Waals surface area contributed by atoms with E-state index in [0.717, 1.165) is 0 Å². The van der Waals surface area contributed by atoms with Gasteiger partial charge in [0.25, 0.3) is 0 Å². The zero-order valence-electron chi connectivity index (χ0n) is 11.4. The lowest BCUT2D eigenvalue weighted by Crippen LogP contribution is -2.49. The van der Waals surface area contributed by atoms with Gasteiger partial charge < -0.3 is 44.4 Å². The minimum absolute atomic E-state index is 0.431. The number of carbonyl (C=O) groups is 1. The van der Waals surface area contributed by atoms with Crippen LogP contribution in [0, 0.1) is 0 Å². The van der Waals surface area contributed by atoms with Crippen molar-refractivity contribution in [3.63, 3.8) is 0 Å². The van der Waals surface area contributed by atoms with Crippen molar-refractivity contribution in [2.24, 2.45) is 0 Å². The smallest absolute Gasteiger partial charge is 0.394 e. The topological polar surface area (TPSA) is 258 Å². The molecule has 18 heteroatoms. The number of hydrogen-bond donors (Lipinski definition) is 8. The zero-order valence-corrected chi connectivity index (χ0v) is 14.1. The van der Waals surface area contributed by atoms with Gasteiger partial charge in [0, 0.05) is 0 Å². The van der Waals surface area contributed by atoms with E-state index in [2.05, 4.69) is 13.6 Å². The second-order valence-electron chi connectivity index (χ2n) is 4.07. The van der Waals surface area contributed by atoms with Crippen LogP contribution in [-0.4, -0.2) is 76.9 Å². The summed E-state index contributed by atoms with van der Waals surface area (Å²) in [6.45, 7) is -1.30. The zero-order chi connectivity index (χ0) is 19.3. The molecule has 0 aliphatic rings. The van der Waals surface area contributed by atoms with Gasteiger partial charge in [0.2, 0.25) is 0 Å². The number of hydrogen-bond acceptors (Lipinski definition) is 9. The van der Waals surface area contributed by atoms with Crippen molar-refractivity contribution in [3.8, 4) is 0 Å². The van der Waals surface area contributed by atoms with Gasteiger partial charge in [-0.15, -0.1) is 0 Å². The molecule has 0 aliphatic carbocycles. The highest BCUT2D eigenvalue weighted by molar-refractivity contribution is 7.47. The van der Waals surface area contributed by atoms with E-state index in [1.165, 1.54) is 0 Å². The molecule has 15 nitrogen and oxygen atoms in total. The highest BCUT2D eigenvalue weighted by Crippen LogP contribution is 2.46. The monoisotopic (exact) mass is 420 g/mol. The molecular weight excluding hydrogens is 405 g/mol. The standard InChI is InChI=1S/C6H15O15P3/c7-1-3(9)5(20-23(13,14)15)6(21-24(16,17)18)4(2-8)19-22(10,11)12/h2-7,9H,1H2,(H2,10,11,12)(H2,13,14,15)(H2,16,17,18)/t3-,4-,5+,6-/m1/s1. The molecule has 0 radical (unpaired) electrons. The third kappa shape index (κ3) is 10.0. The maximum absolute atomic E-state index is 10.9. The molecule has 0 unspecified atom stereocenters. The number of aldehydes is 1. The van der Waals surface area contributed by atoms with Crippen molar-refractivity contribution in [1.82, 2.24) is 0 Å². The van der Waals surface area contributed by atoms with Crippen molar-refractivity contribution in [1.29, 1.82) is 0 Å². The van der Waals surface area contributed by atoms with Gasteiger partial charge in [0.05, 0.1) is 6.61 Å². The second kappa shape index (κ2) is 9.03. The molecule has 0 amide bonds. The fourth-order valence-electron chi connectivity index (χ4n) is 1.40. The molecule has 0 saturated carbocycles. The Morgan fingerprint density at radius 1 is 0.792 bits per heavy atom. The van der Waals surface area contributed by atoms with E-state index in [-0.39, 0.29) is 0 Å². The largest absolute Gasteiger partial charge is 0.470 e. The van der Waals surface area contributed by atoms with E-state index in [0.29, 0.717) is 0 Å². The summed E-state index contributed by atoms with van der Waals surface area (Å²) in [7, 11) is -16.5. The average Bonchev–Trinajstić information content (AvgIpc) is 2.36. The van der Waals surface area contributed by atoms with Gasteiger partial charge in [-0.3, -0.25) is 13.6 Å². The van der Waals surface area contributed by atoms with Crippen LogP contribution in [0.1, 0.15) is 0 Å². The molecular formula is C6H15O15P3. The Hall–Kier alpha value is -0.0800. The first-order valence-electron chi connectivity index (χ1n) is 5.55. The fraction of sp³-hybridized carbons (Fsp3) is 0.833. The second-order valence-corrected chi connectivity index (χ2v) is 7.64. The normalized spacial score (nSPS) is 18.7. The summed E-state index contributed by atoms with van der Waals surface area (Å²) < 4.78 is 44.4. The predicted molar refractivity (Wildman–Crippen MR) is 69.9 cm³/mol. The van der Waals surface area contributed by atoms with E-state index >= 15 is 0 Å². The van der Waals surface area contributed by atoms with Gasteiger partial charge in [-0.05, 0) is 0 Å². The molecule has 4 atom stereocenters. The molecule has 0 spiro atoms. The number of aliphatic hydroxyl groups excluding tert-OH is 2. The van der Waals surface area contributed by atoms with Crippen LogP contribution in [0.2, 0.25) is 0 Å². The molecule has 0 heterocycles. The summed E-state index contributed by atoms with van der Waals surface area (Å²) in [5.74, 6) is 0. The van der Waals surface area contributed by atoms with Crippen LogP contribution >= 0.6 is 23.5 Å². The van der Waals surface area contributed by atoms with Gasteiger partial charge >= 0.3 is 23.5 Å². The predicted octanol–water partition coefficient (Wildman–Crippen LogP) is -3.03. The minimum Gasteiger partial charge on any atom is -0.394 e. The summed E-state index contributed by atoms with van der Waals surface area (Å²) >= 11 is 0. The Bertz CT molecular complexity index is 543. The Morgan fingerprint density at radius 2 is 1.17 bits per heavy atom. The maximum atomic E-state index is 10.9. The fourth-order valence-corrected chi connectivity index (χ4v) is 3.02. The van der Waals surface area contributed by atoms with Crippen molar-refractivity contribution in [2.75, 3.05) is 6.61 Å². The molecule has 0 saturated heterocycles. The van der Waals surface area contributed by atoms with Crippen LogP contribution in [-0.2, 0) is 32.1 Å². The molecule has 0 rings (SSSR count). The van der Waals surface area contributed by atoms with Crippen molar-refractivity contribution in [3.05, 3.63) is 0 Å². The van der Waals surface area contributed by atoms with E-state index in [4.69, 9.17) is 34.5 Å². The maximum Gasteiger partial charge on any atom is 0.470 e. The molecule has 0 fully saturated rings. The van der Waals surface area contributed by atoms with Gasteiger partial charge in [-0.2, -0.15) is 0 Å². The van der Waals surface area contributed by atoms with Crippen molar-refractivity contribution >= 4 is 29.8 Å². The summed E-state index contributed by atoms with van der Waals surface area (Å²) in [6, 6.07) is 0. The molecule has 8 N–H and O–H groups in total. The molecule has 0 aromatic heterocycles. The van der Waals surface area contributed by atoms with Crippen LogP contribution in [0.15, 0.2) is 0 Å². The first-order valence-corrected chi connectivity index (χ1v) is 10.1. The first-order chi connectivity index (χ1) is 10.6. The quantitative estimate of drug-likeness (QED) is 0.122. The highest BCUT2D eigenvalue weighted by Gasteiger charge is 2.45. The van der Waals surface area contributed by atoms with Gasteiger partial charge in [-0.25, -0.2) is 13.7 Å². The van der Waals surface area contributed by atoms with Crippen LogP contribution in [0.5, 0.6) is 0 Å². The molecule has 0 aromatic carbocycles. The summed E-state index contributed by atoms with van der Waals surface area (Å²) in [4.78, 5) is 63.2. The number of carbonyl (C=O) groups excluding carboxylic acids is 1. The lowest BCUT2D eigenvalue weighted by Gasteiger charge is -2.32. The highest BCUT2D eigenvalue weighted by atomic mass is 31.2. The average molecular weight is 420 g/mol. The van der Waals surface area contributed by atoms with E-state index in [1.807, 2.05) is 0 Å². The SMILES string of the molecule is O=C[C@@H](OP(=O)(O)O)[C@@H](OP(=O)(O)O)[C@@H](OP(=O)(O)O)[C@H](O)CO. The molecule has 144 valence electrons. The number of phosphoric acid groups is 3. The molecule has 0 aliphatic heterocycles. The van der Waals surface area contributed by atoms with E-state index < -0.39 is 60.8 Å². The lowest BCUT2D eigenvalue weighted by atomic mass is 10.0. The summed E-state index contributed by atoms with van der Waals surface area (Å²) in [5.41, 5.74) is 0. The number of rotatable bonds is 11. The van der Waals surface area contributed by atoms with Gasteiger partial charge in [0.1, 0.15) is 18.3 Å². The van der Waals surface area contributed by atoms with Crippen LogP contribution in [0.4, 0.5) is 0 Å². The Balaban J connectivity index is 5.91. The van der Waals surface area contributed by atoms with Crippen LogP contribution in [0.25, 0.3) is 0 Å². The Morgan fingerprint density at radius 3 is 1.46 bits per heavy atom. The first kappa shape index (κ1) is 23.9. The lowest BCUT2D eigenvalue weighted by molar-refractivity contribution is -0.131. The van der Waals surface area contributed by atoms with E-state index in [9.17, 15) is 23.6 Å². The minimum atomic E-state index is -5.54.